The predicted molar refractivity (Wildman–Crippen MR) is 109 cm³/mol. The molecule has 2 N–H and O–H groups in total. The normalized spacial score (nSPS) is 20.5. The molecule has 2 aromatic rings. The second-order valence-corrected chi connectivity index (χ2v) is 7.20. The summed E-state index contributed by atoms with van der Waals surface area (Å²) in [6.07, 6.45) is 6.27. The molecule has 0 saturated carbocycles. The monoisotopic (exact) mass is 369 g/mol. The van der Waals surface area contributed by atoms with Crippen molar-refractivity contribution < 1.29 is 4.74 Å². The van der Waals surface area contributed by atoms with Gasteiger partial charge in [0.05, 0.1) is 18.8 Å². The van der Waals surface area contributed by atoms with Gasteiger partial charge in [-0.05, 0) is 32.3 Å². The Hall–Kier alpha value is -2.34. The summed E-state index contributed by atoms with van der Waals surface area (Å²) in [5.41, 5.74) is 3.65. The summed E-state index contributed by atoms with van der Waals surface area (Å²) >= 11 is 0. The number of nitrogens with one attached hydrogen (secondary N) is 2. The van der Waals surface area contributed by atoms with Gasteiger partial charge in [0.15, 0.2) is 5.96 Å². The van der Waals surface area contributed by atoms with E-state index in [9.17, 15) is 0 Å². The van der Waals surface area contributed by atoms with Crippen LogP contribution in [0.25, 0.3) is 0 Å². The van der Waals surface area contributed by atoms with Gasteiger partial charge in [0.25, 0.3) is 0 Å². The highest BCUT2D eigenvalue weighted by atomic mass is 16.5. The molecule has 1 saturated heterocycles. The topological polar surface area (TPSA) is 63.5 Å². The third kappa shape index (κ3) is 5.57. The Labute approximate surface area is 162 Å². The molecule has 3 rings (SSSR count). The van der Waals surface area contributed by atoms with Crippen LogP contribution < -0.4 is 10.6 Å². The summed E-state index contributed by atoms with van der Waals surface area (Å²) in [6.45, 7) is 7.33. The Kier molecular flexibility index (Phi) is 6.87. The number of nitrogens with zero attached hydrogens (tertiary/aromatic N) is 3. The zero-order valence-electron chi connectivity index (χ0n) is 16.6. The zero-order valence-corrected chi connectivity index (χ0v) is 16.6. The number of aromatic nitrogens is 2. The molecular weight excluding hydrogens is 338 g/mol. The van der Waals surface area contributed by atoms with Crippen LogP contribution in [0.2, 0.25) is 0 Å². The summed E-state index contributed by atoms with van der Waals surface area (Å²) in [7, 11) is 1.92. The lowest BCUT2D eigenvalue weighted by Crippen LogP contribution is -2.42. The van der Waals surface area contributed by atoms with Crippen molar-refractivity contribution in [3.63, 3.8) is 0 Å². The maximum Gasteiger partial charge on any atom is 0.191 e. The zero-order chi connectivity index (χ0) is 19.1. The molecule has 1 aliphatic rings. The second-order valence-electron chi connectivity index (χ2n) is 7.20. The molecule has 6 heteroatoms. The molecule has 146 valence electrons. The fourth-order valence-corrected chi connectivity index (χ4v) is 3.47. The van der Waals surface area contributed by atoms with Crippen molar-refractivity contribution >= 4 is 5.96 Å². The lowest BCUT2D eigenvalue weighted by atomic mass is 9.89. The summed E-state index contributed by atoms with van der Waals surface area (Å²) in [5, 5.41) is 11.0. The summed E-state index contributed by atoms with van der Waals surface area (Å²) in [5.74, 6) is 1.28. The molecule has 27 heavy (non-hydrogen) atoms. The third-order valence-electron chi connectivity index (χ3n) is 4.90. The van der Waals surface area contributed by atoms with E-state index in [0.29, 0.717) is 12.5 Å². The van der Waals surface area contributed by atoms with Crippen molar-refractivity contribution in [2.75, 3.05) is 19.7 Å². The molecule has 2 unspecified atom stereocenters. The van der Waals surface area contributed by atoms with Crippen molar-refractivity contribution in [3.05, 3.63) is 53.3 Å². The minimum atomic E-state index is 0.146. The lowest BCUT2D eigenvalue weighted by Gasteiger charge is -2.32. The van der Waals surface area contributed by atoms with Crippen LogP contribution in [-0.4, -0.2) is 35.4 Å². The highest BCUT2D eigenvalue weighted by Crippen LogP contribution is 2.33. The summed E-state index contributed by atoms with van der Waals surface area (Å²) in [6, 6.07) is 8.72. The first-order valence-corrected chi connectivity index (χ1v) is 9.83. The van der Waals surface area contributed by atoms with E-state index in [-0.39, 0.29) is 6.10 Å². The van der Waals surface area contributed by atoms with Crippen LogP contribution in [0.4, 0.5) is 0 Å². The van der Waals surface area contributed by atoms with Crippen LogP contribution >= 0.6 is 0 Å². The Bertz CT molecular complexity index is 737. The molecule has 6 nitrogen and oxygen atoms in total. The van der Waals surface area contributed by atoms with E-state index in [4.69, 9.17) is 9.73 Å². The van der Waals surface area contributed by atoms with Crippen molar-refractivity contribution in [2.45, 2.75) is 39.3 Å². The average Bonchev–Trinajstić information content (AvgIpc) is 3.10. The molecule has 1 aromatic carbocycles. The molecule has 0 amide bonds. The second kappa shape index (κ2) is 9.55. The van der Waals surface area contributed by atoms with Crippen molar-refractivity contribution in [1.82, 2.24) is 20.4 Å². The minimum absolute atomic E-state index is 0.146. The Morgan fingerprint density at radius 2 is 2.11 bits per heavy atom. The molecule has 0 bridgehead atoms. The molecule has 0 radical (unpaired) electrons. The van der Waals surface area contributed by atoms with Crippen molar-refractivity contribution in [2.24, 2.45) is 18.0 Å². The van der Waals surface area contributed by atoms with Crippen molar-refractivity contribution in [1.29, 1.82) is 0 Å². The van der Waals surface area contributed by atoms with Gasteiger partial charge in [-0.1, -0.05) is 29.8 Å². The Balaban J connectivity index is 1.62. The van der Waals surface area contributed by atoms with Crippen LogP contribution in [0, 0.1) is 12.8 Å². The average molecular weight is 370 g/mol. The van der Waals surface area contributed by atoms with Crippen LogP contribution in [0.1, 0.15) is 42.6 Å². The van der Waals surface area contributed by atoms with Crippen LogP contribution in [0.5, 0.6) is 0 Å². The molecule has 2 heterocycles. The van der Waals surface area contributed by atoms with Gasteiger partial charge in [-0.25, -0.2) is 4.99 Å². The molecule has 1 aliphatic heterocycles. The third-order valence-corrected chi connectivity index (χ3v) is 4.90. The summed E-state index contributed by atoms with van der Waals surface area (Å²) < 4.78 is 7.93. The van der Waals surface area contributed by atoms with E-state index >= 15 is 0 Å². The molecule has 0 spiro atoms. The van der Waals surface area contributed by atoms with Gasteiger partial charge < -0.3 is 15.4 Å². The van der Waals surface area contributed by atoms with Gasteiger partial charge in [0, 0.05) is 44.4 Å². The number of aliphatic imine (C=N–C) groups is 1. The van der Waals surface area contributed by atoms with Gasteiger partial charge in [0.2, 0.25) is 0 Å². The maximum absolute atomic E-state index is 6.13. The number of ether oxygens (including phenoxy) is 1. The largest absolute Gasteiger partial charge is 0.373 e. The van der Waals surface area contributed by atoms with Gasteiger partial charge in [-0.15, -0.1) is 0 Å². The lowest BCUT2D eigenvalue weighted by molar-refractivity contribution is -0.0265. The van der Waals surface area contributed by atoms with Crippen LogP contribution in [-0.2, 0) is 18.3 Å². The maximum atomic E-state index is 6.13. The van der Waals surface area contributed by atoms with E-state index in [0.717, 1.165) is 44.1 Å². The number of hydrogen-bond donors (Lipinski definition) is 2. The molecule has 0 aliphatic carbocycles. The van der Waals surface area contributed by atoms with Gasteiger partial charge >= 0.3 is 0 Å². The van der Waals surface area contributed by atoms with E-state index in [1.807, 2.05) is 19.4 Å². The first-order valence-electron chi connectivity index (χ1n) is 9.83. The molecule has 1 aromatic heterocycles. The van der Waals surface area contributed by atoms with Crippen molar-refractivity contribution in [3.8, 4) is 0 Å². The van der Waals surface area contributed by atoms with E-state index in [1.54, 1.807) is 4.68 Å². The van der Waals surface area contributed by atoms with Crippen LogP contribution in [0.3, 0.4) is 0 Å². The number of benzene rings is 1. The van der Waals surface area contributed by atoms with Crippen LogP contribution in [0.15, 0.2) is 41.7 Å². The van der Waals surface area contributed by atoms with E-state index in [1.165, 1.54) is 11.1 Å². The van der Waals surface area contributed by atoms with Gasteiger partial charge in [-0.2, -0.15) is 5.10 Å². The summed E-state index contributed by atoms with van der Waals surface area (Å²) in [4.78, 5) is 4.69. The Morgan fingerprint density at radius 1 is 1.30 bits per heavy atom. The van der Waals surface area contributed by atoms with Gasteiger partial charge in [-0.3, -0.25) is 4.68 Å². The first kappa shape index (κ1) is 19.4. The quantitative estimate of drug-likeness (QED) is 0.607. The fourth-order valence-electron chi connectivity index (χ4n) is 3.47. The van der Waals surface area contributed by atoms with E-state index in [2.05, 4.69) is 53.8 Å². The molecule has 1 fully saturated rings. The molecular formula is C21H31N5O. The highest BCUT2D eigenvalue weighted by Gasteiger charge is 2.27. The Morgan fingerprint density at radius 3 is 2.81 bits per heavy atom. The fraction of sp³-hybridized carbons (Fsp3) is 0.524. The predicted octanol–water partition coefficient (Wildman–Crippen LogP) is 2.95. The number of rotatable bonds is 6. The smallest absolute Gasteiger partial charge is 0.191 e. The number of hydrogen-bond acceptors (Lipinski definition) is 3. The number of guanidine groups is 1. The highest BCUT2D eigenvalue weighted by molar-refractivity contribution is 5.79. The number of aryl methyl sites for hydroxylation is 2. The van der Waals surface area contributed by atoms with Gasteiger partial charge in [0.1, 0.15) is 0 Å². The minimum Gasteiger partial charge on any atom is -0.373 e. The van der Waals surface area contributed by atoms with E-state index < -0.39 is 0 Å². The first-order chi connectivity index (χ1) is 13.2. The standard InChI is InChI=1S/C21H31N5O/c1-4-22-21(23-12-17-13-25-26(3)15-17)24-14-19-6-5-11-27-20(19)18-9-7-16(2)8-10-18/h7-10,13,15,19-20H,4-6,11-12,14H2,1-3H3,(H2,22,23,24). The SMILES string of the molecule is CCNC(=NCc1cnn(C)c1)NCC1CCCOC1c1ccc(C)cc1. The molecule has 2 atom stereocenters.